The Hall–Kier alpha value is -1.29. The van der Waals surface area contributed by atoms with Gasteiger partial charge in [0.1, 0.15) is 6.26 Å². The van der Waals surface area contributed by atoms with Gasteiger partial charge in [-0.25, -0.2) is 0 Å². The third-order valence-electron chi connectivity index (χ3n) is 2.13. The number of hydrogen-bond donors (Lipinski definition) is 1. The van der Waals surface area contributed by atoms with Gasteiger partial charge in [-0.2, -0.15) is 4.98 Å². The molecule has 1 aromatic carbocycles. The lowest BCUT2D eigenvalue weighted by Crippen LogP contribution is -1.92. The topological polar surface area (TPSA) is 52.0 Å². The van der Waals surface area contributed by atoms with Crippen LogP contribution in [0.3, 0.4) is 0 Å². The number of aryl methyl sites for hydroxylation is 2. The van der Waals surface area contributed by atoms with Gasteiger partial charge in [0.25, 0.3) is 6.01 Å². The molecule has 15 heavy (non-hydrogen) atoms. The molecule has 4 heteroatoms. The summed E-state index contributed by atoms with van der Waals surface area (Å²) in [6, 6.07) is 8.46. The van der Waals surface area contributed by atoms with E-state index in [9.17, 15) is 0 Å². The van der Waals surface area contributed by atoms with Crippen LogP contribution in [0.25, 0.3) is 0 Å². The SMILES string of the molecule is Nc1nc(CCc2cccc(Br)c2)co1. The second-order valence-electron chi connectivity index (χ2n) is 3.31. The molecule has 1 aromatic heterocycles. The Morgan fingerprint density at radius 1 is 1.33 bits per heavy atom. The van der Waals surface area contributed by atoms with Gasteiger partial charge < -0.3 is 10.2 Å². The first-order valence-electron chi connectivity index (χ1n) is 4.68. The van der Waals surface area contributed by atoms with Crippen molar-refractivity contribution in [1.29, 1.82) is 0 Å². The molecule has 0 radical (unpaired) electrons. The number of aromatic nitrogens is 1. The maximum absolute atomic E-state index is 5.39. The molecular formula is C11H11BrN2O. The molecule has 0 atom stereocenters. The maximum atomic E-state index is 5.39. The molecule has 0 unspecified atom stereocenters. The lowest BCUT2D eigenvalue weighted by Gasteiger charge is -1.99. The predicted molar refractivity (Wildman–Crippen MR) is 62.5 cm³/mol. The Morgan fingerprint density at radius 3 is 2.87 bits per heavy atom. The van der Waals surface area contributed by atoms with Crippen LogP contribution in [-0.4, -0.2) is 4.98 Å². The Morgan fingerprint density at radius 2 is 2.20 bits per heavy atom. The first-order chi connectivity index (χ1) is 7.24. The van der Waals surface area contributed by atoms with E-state index >= 15 is 0 Å². The third-order valence-corrected chi connectivity index (χ3v) is 2.62. The van der Waals surface area contributed by atoms with E-state index in [4.69, 9.17) is 10.2 Å². The van der Waals surface area contributed by atoms with Crippen LogP contribution < -0.4 is 5.73 Å². The van der Waals surface area contributed by atoms with E-state index in [1.165, 1.54) is 5.56 Å². The zero-order valence-corrected chi connectivity index (χ0v) is 9.70. The van der Waals surface area contributed by atoms with Crippen LogP contribution in [0.4, 0.5) is 6.01 Å². The smallest absolute Gasteiger partial charge is 0.292 e. The fourth-order valence-electron chi connectivity index (χ4n) is 1.40. The van der Waals surface area contributed by atoms with Crippen LogP contribution in [0.1, 0.15) is 11.3 Å². The number of anilines is 1. The van der Waals surface area contributed by atoms with Crippen LogP contribution in [0, 0.1) is 0 Å². The average Bonchev–Trinajstić information content (AvgIpc) is 2.62. The van der Waals surface area contributed by atoms with E-state index in [1.54, 1.807) is 6.26 Å². The molecular weight excluding hydrogens is 256 g/mol. The molecule has 1 heterocycles. The Kier molecular flexibility index (Phi) is 3.06. The minimum atomic E-state index is 0.235. The fraction of sp³-hybridized carbons (Fsp3) is 0.182. The summed E-state index contributed by atoms with van der Waals surface area (Å²) in [5.74, 6) is 0. The summed E-state index contributed by atoms with van der Waals surface area (Å²) < 4.78 is 6.03. The third kappa shape index (κ3) is 2.83. The van der Waals surface area contributed by atoms with Gasteiger partial charge in [-0.1, -0.05) is 28.1 Å². The maximum Gasteiger partial charge on any atom is 0.292 e. The molecule has 78 valence electrons. The van der Waals surface area contributed by atoms with Gasteiger partial charge in [0.15, 0.2) is 0 Å². The van der Waals surface area contributed by atoms with Gasteiger partial charge in [-0.15, -0.1) is 0 Å². The average molecular weight is 267 g/mol. The van der Waals surface area contributed by atoms with Gasteiger partial charge in [-0.05, 0) is 30.5 Å². The molecule has 0 aliphatic rings. The quantitative estimate of drug-likeness (QED) is 0.930. The summed E-state index contributed by atoms with van der Waals surface area (Å²) in [6.07, 6.45) is 3.38. The van der Waals surface area contributed by atoms with Crippen molar-refractivity contribution < 1.29 is 4.42 Å². The number of nitrogen functional groups attached to an aromatic ring is 1. The van der Waals surface area contributed by atoms with Gasteiger partial charge in [0, 0.05) is 4.47 Å². The summed E-state index contributed by atoms with van der Waals surface area (Å²) >= 11 is 3.44. The van der Waals surface area contributed by atoms with Crippen molar-refractivity contribution in [2.24, 2.45) is 0 Å². The highest BCUT2D eigenvalue weighted by molar-refractivity contribution is 9.10. The van der Waals surface area contributed by atoms with Crippen LogP contribution in [0.15, 0.2) is 39.4 Å². The fourth-order valence-corrected chi connectivity index (χ4v) is 1.85. The van der Waals surface area contributed by atoms with E-state index in [1.807, 2.05) is 12.1 Å². The van der Waals surface area contributed by atoms with Crippen molar-refractivity contribution in [3.63, 3.8) is 0 Å². The first kappa shape index (κ1) is 10.2. The highest BCUT2D eigenvalue weighted by Crippen LogP contribution is 2.14. The molecule has 0 amide bonds. The van der Waals surface area contributed by atoms with Crippen LogP contribution in [0.5, 0.6) is 0 Å². The summed E-state index contributed by atoms with van der Waals surface area (Å²) in [6.45, 7) is 0. The number of oxazole rings is 1. The number of nitrogens with two attached hydrogens (primary N) is 1. The number of benzene rings is 1. The number of hydrogen-bond acceptors (Lipinski definition) is 3. The Bertz CT molecular complexity index is 453. The largest absolute Gasteiger partial charge is 0.432 e. The molecule has 0 aliphatic carbocycles. The van der Waals surface area contributed by atoms with Crippen molar-refractivity contribution in [3.05, 3.63) is 46.3 Å². The second-order valence-corrected chi connectivity index (χ2v) is 4.22. The number of halogens is 1. The van der Waals surface area contributed by atoms with Crippen LogP contribution >= 0.6 is 15.9 Å². The molecule has 0 bridgehead atoms. The summed E-state index contributed by atoms with van der Waals surface area (Å²) in [5.41, 5.74) is 7.55. The van der Waals surface area contributed by atoms with E-state index in [-0.39, 0.29) is 6.01 Å². The molecule has 3 nitrogen and oxygen atoms in total. The zero-order valence-electron chi connectivity index (χ0n) is 8.11. The molecule has 2 rings (SSSR count). The normalized spacial score (nSPS) is 10.5. The predicted octanol–water partition coefficient (Wildman–Crippen LogP) is 2.80. The van der Waals surface area contributed by atoms with E-state index in [2.05, 4.69) is 33.0 Å². The standard InChI is InChI=1S/C11H11BrN2O/c12-9-3-1-2-8(6-9)4-5-10-7-15-11(13)14-10/h1-3,6-7H,4-5H2,(H2,13,14). The minimum absolute atomic E-state index is 0.235. The van der Waals surface area contributed by atoms with Crippen molar-refractivity contribution >= 4 is 21.9 Å². The van der Waals surface area contributed by atoms with Gasteiger partial charge in [-0.3, -0.25) is 0 Å². The molecule has 0 aliphatic heterocycles. The van der Waals surface area contributed by atoms with Crippen LogP contribution in [-0.2, 0) is 12.8 Å². The molecule has 0 saturated heterocycles. The van der Waals surface area contributed by atoms with Gasteiger partial charge in [0.2, 0.25) is 0 Å². The number of nitrogens with zero attached hydrogens (tertiary/aromatic N) is 1. The Balaban J connectivity index is 1.99. The first-order valence-corrected chi connectivity index (χ1v) is 5.47. The van der Waals surface area contributed by atoms with E-state index in [0.29, 0.717) is 0 Å². The van der Waals surface area contributed by atoms with Gasteiger partial charge in [0.05, 0.1) is 5.69 Å². The second kappa shape index (κ2) is 4.49. The van der Waals surface area contributed by atoms with Crippen molar-refractivity contribution in [2.75, 3.05) is 5.73 Å². The minimum Gasteiger partial charge on any atom is -0.432 e. The van der Waals surface area contributed by atoms with Crippen molar-refractivity contribution in [3.8, 4) is 0 Å². The Labute approximate surface area is 96.4 Å². The van der Waals surface area contributed by atoms with Gasteiger partial charge >= 0.3 is 0 Å². The molecule has 2 aromatic rings. The lowest BCUT2D eigenvalue weighted by atomic mass is 10.1. The van der Waals surface area contributed by atoms with Crippen LogP contribution in [0.2, 0.25) is 0 Å². The molecule has 0 spiro atoms. The highest BCUT2D eigenvalue weighted by atomic mass is 79.9. The highest BCUT2D eigenvalue weighted by Gasteiger charge is 2.01. The van der Waals surface area contributed by atoms with E-state index in [0.717, 1.165) is 23.0 Å². The summed E-state index contributed by atoms with van der Waals surface area (Å²) in [7, 11) is 0. The molecule has 0 fully saturated rings. The number of rotatable bonds is 3. The van der Waals surface area contributed by atoms with Crippen molar-refractivity contribution in [1.82, 2.24) is 4.98 Å². The molecule has 2 N–H and O–H groups in total. The monoisotopic (exact) mass is 266 g/mol. The van der Waals surface area contributed by atoms with E-state index < -0.39 is 0 Å². The molecule has 0 saturated carbocycles. The lowest BCUT2D eigenvalue weighted by molar-refractivity contribution is 0.578. The summed E-state index contributed by atoms with van der Waals surface area (Å²) in [5, 5.41) is 0. The summed E-state index contributed by atoms with van der Waals surface area (Å²) in [4.78, 5) is 4.05. The zero-order chi connectivity index (χ0) is 10.7. The van der Waals surface area contributed by atoms with Crippen molar-refractivity contribution in [2.45, 2.75) is 12.8 Å².